The van der Waals surface area contributed by atoms with Crippen molar-refractivity contribution in [3.8, 4) is 0 Å². The SMILES string of the molecule is CC(C)(C)Cn1nnc2ccc(Br)cc2c1=O. The predicted octanol–water partition coefficient (Wildman–Crippen LogP) is 2.60. The van der Waals surface area contributed by atoms with Crippen LogP contribution in [0.4, 0.5) is 0 Å². The third-order valence-corrected chi connectivity index (χ3v) is 2.80. The number of nitrogens with zero attached hydrogens (tertiary/aromatic N) is 3. The summed E-state index contributed by atoms with van der Waals surface area (Å²) >= 11 is 3.36. The molecular weight excluding hydrogens is 282 g/mol. The summed E-state index contributed by atoms with van der Waals surface area (Å²) in [6, 6.07) is 5.42. The second-order valence-corrected chi connectivity index (χ2v) is 6.19. The van der Waals surface area contributed by atoms with Gasteiger partial charge < -0.3 is 0 Å². The Labute approximate surface area is 108 Å². The molecule has 0 saturated heterocycles. The molecule has 1 heterocycles. The van der Waals surface area contributed by atoms with Gasteiger partial charge in [0.25, 0.3) is 5.56 Å². The van der Waals surface area contributed by atoms with Crippen molar-refractivity contribution in [3.05, 3.63) is 33.0 Å². The van der Waals surface area contributed by atoms with Crippen LogP contribution in [-0.2, 0) is 6.54 Å². The van der Waals surface area contributed by atoms with Crippen molar-refractivity contribution in [2.45, 2.75) is 27.3 Å². The van der Waals surface area contributed by atoms with E-state index >= 15 is 0 Å². The Morgan fingerprint density at radius 2 is 2.06 bits per heavy atom. The van der Waals surface area contributed by atoms with Crippen LogP contribution in [0, 0.1) is 5.41 Å². The molecule has 0 N–H and O–H groups in total. The van der Waals surface area contributed by atoms with Crippen molar-refractivity contribution in [2.24, 2.45) is 5.41 Å². The lowest BCUT2D eigenvalue weighted by atomic mass is 9.97. The first-order chi connectivity index (χ1) is 7.87. The van der Waals surface area contributed by atoms with Crippen LogP contribution in [0.15, 0.2) is 27.5 Å². The third-order valence-electron chi connectivity index (χ3n) is 2.31. The van der Waals surface area contributed by atoms with Gasteiger partial charge in [-0.05, 0) is 23.6 Å². The van der Waals surface area contributed by atoms with E-state index in [1.807, 2.05) is 6.07 Å². The van der Waals surface area contributed by atoms with Crippen molar-refractivity contribution in [1.82, 2.24) is 15.0 Å². The predicted molar refractivity (Wildman–Crippen MR) is 71.0 cm³/mol. The van der Waals surface area contributed by atoms with Gasteiger partial charge in [-0.25, -0.2) is 4.68 Å². The lowest BCUT2D eigenvalue weighted by molar-refractivity contribution is 0.311. The zero-order chi connectivity index (χ0) is 12.6. The highest BCUT2D eigenvalue weighted by Crippen LogP contribution is 2.16. The highest BCUT2D eigenvalue weighted by molar-refractivity contribution is 9.10. The van der Waals surface area contributed by atoms with Gasteiger partial charge >= 0.3 is 0 Å². The van der Waals surface area contributed by atoms with Gasteiger partial charge in [0.15, 0.2) is 0 Å². The monoisotopic (exact) mass is 295 g/mol. The molecule has 0 bridgehead atoms. The molecule has 0 atom stereocenters. The number of aromatic nitrogens is 3. The van der Waals surface area contributed by atoms with E-state index < -0.39 is 0 Å². The van der Waals surface area contributed by atoms with Crippen LogP contribution in [0.3, 0.4) is 0 Å². The molecule has 1 aromatic carbocycles. The fourth-order valence-electron chi connectivity index (χ4n) is 1.60. The van der Waals surface area contributed by atoms with Gasteiger partial charge in [0.05, 0.1) is 11.9 Å². The average molecular weight is 296 g/mol. The Balaban J connectivity index is 2.61. The molecular formula is C12H14BrN3O. The molecule has 90 valence electrons. The summed E-state index contributed by atoms with van der Waals surface area (Å²) < 4.78 is 2.30. The number of hydrogen-bond acceptors (Lipinski definition) is 3. The molecule has 0 radical (unpaired) electrons. The number of fused-ring (bicyclic) bond motifs is 1. The molecule has 0 saturated carbocycles. The lowest BCUT2D eigenvalue weighted by Crippen LogP contribution is -2.29. The van der Waals surface area contributed by atoms with Crippen LogP contribution in [-0.4, -0.2) is 15.0 Å². The smallest absolute Gasteiger partial charge is 0.267 e. The van der Waals surface area contributed by atoms with Gasteiger partial charge in [-0.15, -0.1) is 5.10 Å². The topological polar surface area (TPSA) is 47.8 Å². The first kappa shape index (κ1) is 12.2. The van der Waals surface area contributed by atoms with Gasteiger partial charge in [-0.3, -0.25) is 4.79 Å². The van der Waals surface area contributed by atoms with Gasteiger partial charge in [0, 0.05) is 4.47 Å². The molecule has 0 fully saturated rings. The quantitative estimate of drug-likeness (QED) is 0.812. The zero-order valence-corrected chi connectivity index (χ0v) is 11.7. The van der Waals surface area contributed by atoms with Gasteiger partial charge in [0.1, 0.15) is 5.52 Å². The molecule has 2 rings (SSSR count). The van der Waals surface area contributed by atoms with E-state index in [-0.39, 0.29) is 11.0 Å². The molecule has 1 aromatic heterocycles. The standard InChI is InChI=1S/C12H14BrN3O/c1-12(2,3)7-16-11(17)9-6-8(13)4-5-10(9)14-15-16/h4-6H,7H2,1-3H3. The van der Waals surface area contributed by atoms with Crippen molar-refractivity contribution in [1.29, 1.82) is 0 Å². The van der Waals surface area contributed by atoms with Gasteiger partial charge in [-0.2, -0.15) is 0 Å². The van der Waals surface area contributed by atoms with E-state index in [1.54, 1.807) is 12.1 Å². The van der Waals surface area contributed by atoms with Crippen molar-refractivity contribution in [3.63, 3.8) is 0 Å². The Hall–Kier alpha value is -1.23. The Kier molecular flexibility index (Phi) is 3.03. The molecule has 0 aliphatic carbocycles. The molecule has 2 aromatic rings. The minimum absolute atomic E-state index is 0.00179. The van der Waals surface area contributed by atoms with E-state index in [4.69, 9.17) is 0 Å². The first-order valence-electron chi connectivity index (χ1n) is 5.40. The number of halogens is 1. The van der Waals surface area contributed by atoms with Crippen LogP contribution >= 0.6 is 15.9 Å². The van der Waals surface area contributed by atoms with E-state index in [2.05, 4.69) is 47.0 Å². The van der Waals surface area contributed by atoms with Crippen LogP contribution in [0.2, 0.25) is 0 Å². The normalized spacial score (nSPS) is 12.0. The summed E-state index contributed by atoms with van der Waals surface area (Å²) in [5.74, 6) is 0. The third kappa shape index (κ3) is 2.72. The molecule has 17 heavy (non-hydrogen) atoms. The first-order valence-corrected chi connectivity index (χ1v) is 6.19. The summed E-state index contributed by atoms with van der Waals surface area (Å²) in [5, 5.41) is 8.62. The fraction of sp³-hybridized carbons (Fsp3) is 0.417. The van der Waals surface area contributed by atoms with Crippen LogP contribution < -0.4 is 5.56 Å². The summed E-state index contributed by atoms with van der Waals surface area (Å²) in [7, 11) is 0. The highest BCUT2D eigenvalue weighted by atomic mass is 79.9. The Bertz CT molecular complexity index is 613. The molecule has 0 unspecified atom stereocenters. The Morgan fingerprint density at radius 3 is 2.71 bits per heavy atom. The maximum Gasteiger partial charge on any atom is 0.277 e. The summed E-state index contributed by atoms with van der Waals surface area (Å²) in [4.78, 5) is 12.2. The van der Waals surface area contributed by atoms with Crippen LogP contribution in [0.5, 0.6) is 0 Å². The van der Waals surface area contributed by atoms with Crippen LogP contribution in [0.1, 0.15) is 20.8 Å². The maximum absolute atomic E-state index is 12.2. The van der Waals surface area contributed by atoms with Crippen molar-refractivity contribution in [2.75, 3.05) is 0 Å². The van der Waals surface area contributed by atoms with E-state index in [1.165, 1.54) is 4.68 Å². The summed E-state index contributed by atoms with van der Waals surface area (Å²) in [6.07, 6.45) is 0. The summed E-state index contributed by atoms with van der Waals surface area (Å²) in [6.45, 7) is 6.74. The van der Waals surface area contributed by atoms with Crippen LogP contribution in [0.25, 0.3) is 10.9 Å². The van der Waals surface area contributed by atoms with Crippen molar-refractivity contribution >= 4 is 26.8 Å². The largest absolute Gasteiger partial charge is 0.277 e. The number of benzene rings is 1. The molecule has 5 heteroatoms. The number of rotatable bonds is 1. The van der Waals surface area contributed by atoms with E-state index in [0.29, 0.717) is 17.4 Å². The second kappa shape index (κ2) is 4.22. The lowest BCUT2D eigenvalue weighted by Gasteiger charge is -2.18. The minimum Gasteiger partial charge on any atom is -0.267 e. The molecule has 4 nitrogen and oxygen atoms in total. The maximum atomic E-state index is 12.2. The molecule has 0 aliphatic rings. The summed E-state index contributed by atoms with van der Waals surface area (Å²) in [5.41, 5.74) is 0.535. The minimum atomic E-state index is -0.0915. The molecule has 0 spiro atoms. The van der Waals surface area contributed by atoms with Gasteiger partial charge in [-0.1, -0.05) is 41.9 Å². The highest BCUT2D eigenvalue weighted by Gasteiger charge is 2.14. The van der Waals surface area contributed by atoms with Gasteiger partial charge in [0.2, 0.25) is 0 Å². The number of hydrogen-bond donors (Lipinski definition) is 0. The average Bonchev–Trinajstić information content (AvgIpc) is 2.21. The molecule has 0 amide bonds. The Morgan fingerprint density at radius 1 is 1.35 bits per heavy atom. The van der Waals surface area contributed by atoms with Crippen molar-refractivity contribution < 1.29 is 0 Å². The zero-order valence-electron chi connectivity index (χ0n) is 10.1. The second-order valence-electron chi connectivity index (χ2n) is 5.27. The van der Waals surface area contributed by atoms with E-state index in [9.17, 15) is 4.79 Å². The molecule has 0 aliphatic heterocycles. The van der Waals surface area contributed by atoms with E-state index in [0.717, 1.165) is 4.47 Å². The fourth-order valence-corrected chi connectivity index (χ4v) is 1.96.